The van der Waals surface area contributed by atoms with Crippen LogP contribution < -0.4 is 9.47 Å². The van der Waals surface area contributed by atoms with E-state index in [1.807, 2.05) is 19.1 Å². The lowest BCUT2D eigenvalue weighted by Crippen LogP contribution is -2.41. The van der Waals surface area contributed by atoms with Crippen molar-refractivity contribution in [2.45, 2.75) is 25.8 Å². The zero-order valence-electron chi connectivity index (χ0n) is 16.2. The van der Waals surface area contributed by atoms with Crippen LogP contribution in [0, 0.1) is 0 Å². The van der Waals surface area contributed by atoms with E-state index in [1.165, 1.54) is 11.3 Å². The molecule has 1 aliphatic heterocycles. The Balaban J connectivity index is 1.84. The number of amides is 1. The highest BCUT2D eigenvalue weighted by Crippen LogP contribution is 2.34. The predicted octanol–water partition coefficient (Wildman–Crippen LogP) is 2.87. The molecule has 0 bridgehead atoms. The molecule has 2 heterocycles. The van der Waals surface area contributed by atoms with Gasteiger partial charge in [-0.15, -0.1) is 11.3 Å². The predicted molar refractivity (Wildman–Crippen MR) is 109 cm³/mol. The number of sulfone groups is 1. The van der Waals surface area contributed by atoms with Gasteiger partial charge >= 0.3 is 0 Å². The molecule has 0 saturated carbocycles. The third-order valence-corrected chi connectivity index (χ3v) is 7.37. The van der Waals surface area contributed by atoms with Crippen LogP contribution >= 0.6 is 11.3 Å². The lowest BCUT2D eigenvalue weighted by atomic mass is 10.2. The number of aromatic nitrogens is 1. The van der Waals surface area contributed by atoms with E-state index in [2.05, 4.69) is 4.98 Å². The summed E-state index contributed by atoms with van der Waals surface area (Å²) >= 11 is 1.37. The second-order valence-electron chi connectivity index (χ2n) is 6.66. The fraction of sp³-hybridized carbons (Fsp3) is 0.474. The summed E-state index contributed by atoms with van der Waals surface area (Å²) in [6.45, 7) is 2.49. The Labute approximate surface area is 169 Å². The maximum Gasteiger partial charge on any atom is 0.273 e. The lowest BCUT2D eigenvalue weighted by Gasteiger charge is -2.27. The number of methoxy groups -OCH3 is 2. The quantitative estimate of drug-likeness (QED) is 0.679. The number of rotatable bonds is 7. The normalized spacial score (nSPS) is 18.0. The summed E-state index contributed by atoms with van der Waals surface area (Å²) in [6, 6.07) is 5.20. The maximum atomic E-state index is 13.0. The van der Waals surface area contributed by atoms with Crippen LogP contribution in [-0.2, 0) is 9.84 Å². The van der Waals surface area contributed by atoms with Crippen LogP contribution in [0.1, 0.15) is 30.3 Å². The molecule has 1 aromatic carbocycles. The first-order valence-corrected chi connectivity index (χ1v) is 11.8. The van der Waals surface area contributed by atoms with Crippen molar-refractivity contribution in [1.82, 2.24) is 9.88 Å². The van der Waals surface area contributed by atoms with Gasteiger partial charge in [-0.1, -0.05) is 6.92 Å². The first kappa shape index (κ1) is 20.6. The molecule has 9 heteroatoms. The monoisotopic (exact) mass is 424 g/mol. The molecule has 0 aliphatic carbocycles. The Hall–Kier alpha value is -2.13. The number of benzene rings is 1. The van der Waals surface area contributed by atoms with Crippen molar-refractivity contribution in [2.75, 3.05) is 32.3 Å². The Morgan fingerprint density at radius 2 is 2.04 bits per heavy atom. The molecule has 2 aromatic rings. The van der Waals surface area contributed by atoms with Crippen LogP contribution in [0.5, 0.6) is 11.5 Å². The fourth-order valence-electron chi connectivity index (χ4n) is 3.33. The molecule has 0 spiro atoms. The Morgan fingerprint density at radius 3 is 2.64 bits per heavy atom. The summed E-state index contributed by atoms with van der Waals surface area (Å²) in [5, 5.41) is 2.42. The van der Waals surface area contributed by atoms with Crippen LogP contribution in [0.25, 0.3) is 10.6 Å². The van der Waals surface area contributed by atoms with Gasteiger partial charge in [0.2, 0.25) is 0 Å². The standard InChI is InChI=1S/C19H24N2O5S2/c1-4-8-21(14-7-9-28(23,24)12-14)19(22)15-11-27-18(20-15)13-5-6-16(25-2)17(10-13)26-3/h5-6,10-11,14H,4,7-9,12H2,1-3H3/t14-/m0/s1. The molecule has 7 nitrogen and oxygen atoms in total. The molecule has 1 saturated heterocycles. The van der Waals surface area contributed by atoms with E-state index in [1.54, 1.807) is 30.6 Å². The summed E-state index contributed by atoms with van der Waals surface area (Å²) in [7, 11) is 0.0748. The lowest BCUT2D eigenvalue weighted by molar-refractivity contribution is 0.0692. The molecule has 1 atom stereocenters. The van der Waals surface area contributed by atoms with Crippen molar-refractivity contribution in [3.63, 3.8) is 0 Å². The molecule has 28 heavy (non-hydrogen) atoms. The van der Waals surface area contributed by atoms with Gasteiger partial charge in [-0.05, 0) is 31.0 Å². The number of hydrogen-bond acceptors (Lipinski definition) is 7. The largest absolute Gasteiger partial charge is 0.493 e. The number of carbonyl (C=O) groups is 1. The summed E-state index contributed by atoms with van der Waals surface area (Å²) in [5.41, 5.74) is 1.17. The number of carbonyl (C=O) groups excluding carboxylic acids is 1. The molecule has 1 aromatic heterocycles. The van der Waals surface area contributed by atoms with Gasteiger partial charge in [-0.25, -0.2) is 13.4 Å². The third-order valence-electron chi connectivity index (χ3n) is 4.73. The maximum absolute atomic E-state index is 13.0. The molecule has 0 unspecified atom stereocenters. The topological polar surface area (TPSA) is 85.8 Å². The van der Waals surface area contributed by atoms with Crippen LogP contribution in [0.4, 0.5) is 0 Å². The van der Waals surface area contributed by atoms with Gasteiger partial charge in [0.25, 0.3) is 5.91 Å². The highest BCUT2D eigenvalue weighted by atomic mass is 32.2. The molecule has 152 valence electrons. The van der Waals surface area contributed by atoms with E-state index in [4.69, 9.17) is 9.47 Å². The molecule has 3 rings (SSSR count). The highest BCUT2D eigenvalue weighted by molar-refractivity contribution is 7.91. The molecule has 1 aliphatic rings. The molecule has 0 N–H and O–H groups in total. The zero-order chi connectivity index (χ0) is 20.3. The minimum Gasteiger partial charge on any atom is -0.493 e. The van der Waals surface area contributed by atoms with E-state index in [0.717, 1.165) is 12.0 Å². The molecule has 1 fully saturated rings. The van der Waals surface area contributed by atoms with Crippen LogP contribution in [0.2, 0.25) is 0 Å². The Kier molecular flexibility index (Phi) is 6.24. The zero-order valence-corrected chi connectivity index (χ0v) is 17.8. The molecule has 1 amide bonds. The molecule has 0 radical (unpaired) electrons. The van der Waals surface area contributed by atoms with E-state index in [0.29, 0.717) is 35.2 Å². The van der Waals surface area contributed by atoms with Crippen molar-refractivity contribution >= 4 is 27.1 Å². The highest BCUT2D eigenvalue weighted by Gasteiger charge is 2.35. The van der Waals surface area contributed by atoms with E-state index in [-0.39, 0.29) is 23.5 Å². The van der Waals surface area contributed by atoms with Crippen molar-refractivity contribution in [1.29, 1.82) is 0 Å². The molecular weight excluding hydrogens is 400 g/mol. The summed E-state index contributed by atoms with van der Waals surface area (Å²) in [5.74, 6) is 1.17. The van der Waals surface area contributed by atoms with Crippen molar-refractivity contribution in [2.24, 2.45) is 0 Å². The van der Waals surface area contributed by atoms with E-state index in [9.17, 15) is 13.2 Å². The fourth-order valence-corrected chi connectivity index (χ4v) is 5.85. The first-order chi connectivity index (χ1) is 13.4. The van der Waals surface area contributed by atoms with Gasteiger partial charge < -0.3 is 14.4 Å². The second-order valence-corrected chi connectivity index (χ2v) is 9.75. The summed E-state index contributed by atoms with van der Waals surface area (Å²) in [6.07, 6.45) is 1.25. The number of nitrogens with zero attached hydrogens (tertiary/aromatic N) is 2. The SMILES string of the molecule is CCCN(C(=O)c1csc(-c2ccc(OC)c(OC)c2)n1)[C@H]1CCS(=O)(=O)C1. The van der Waals surface area contributed by atoms with Crippen LogP contribution in [0.15, 0.2) is 23.6 Å². The van der Waals surface area contributed by atoms with Gasteiger partial charge in [-0.2, -0.15) is 0 Å². The van der Waals surface area contributed by atoms with Gasteiger partial charge in [0.05, 0.1) is 25.7 Å². The van der Waals surface area contributed by atoms with Crippen molar-refractivity contribution < 1.29 is 22.7 Å². The average Bonchev–Trinajstić information content (AvgIpc) is 3.31. The molecular formula is C19H24N2O5S2. The Bertz CT molecular complexity index is 955. The Morgan fingerprint density at radius 1 is 1.29 bits per heavy atom. The minimum absolute atomic E-state index is 0.0331. The summed E-state index contributed by atoms with van der Waals surface area (Å²) < 4.78 is 34.3. The first-order valence-electron chi connectivity index (χ1n) is 9.07. The van der Waals surface area contributed by atoms with Gasteiger partial charge in [0.1, 0.15) is 10.7 Å². The van der Waals surface area contributed by atoms with Crippen LogP contribution in [-0.4, -0.2) is 62.5 Å². The van der Waals surface area contributed by atoms with Gasteiger partial charge in [0.15, 0.2) is 21.3 Å². The number of thiazole rings is 1. The summed E-state index contributed by atoms with van der Waals surface area (Å²) in [4.78, 5) is 19.2. The van der Waals surface area contributed by atoms with Gasteiger partial charge in [-0.3, -0.25) is 4.79 Å². The van der Waals surface area contributed by atoms with Crippen molar-refractivity contribution in [3.05, 3.63) is 29.3 Å². The third kappa shape index (κ3) is 4.30. The van der Waals surface area contributed by atoms with Crippen molar-refractivity contribution in [3.8, 4) is 22.1 Å². The van der Waals surface area contributed by atoms with E-state index < -0.39 is 9.84 Å². The smallest absolute Gasteiger partial charge is 0.273 e. The van der Waals surface area contributed by atoms with Crippen LogP contribution in [0.3, 0.4) is 0 Å². The average molecular weight is 425 g/mol. The number of hydrogen-bond donors (Lipinski definition) is 0. The van der Waals surface area contributed by atoms with E-state index >= 15 is 0 Å². The van der Waals surface area contributed by atoms with Gasteiger partial charge in [0, 0.05) is 23.5 Å². The number of ether oxygens (including phenoxy) is 2. The minimum atomic E-state index is -3.06. The second kappa shape index (κ2) is 8.48.